The zero-order valence-corrected chi connectivity index (χ0v) is 7.80. The lowest BCUT2D eigenvalue weighted by Crippen LogP contribution is -2.03. The van der Waals surface area contributed by atoms with Gasteiger partial charge in [0, 0.05) is 11.6 Å². The van der Waals surface area contributed by atoms with Crippen LogP contribution in [0, 0.1) is 0 Å². The highest BCUT2D eigenvalue weighted by Crippen LogP contribution is 2.26. The quantitative estimate of drug-likeness (QED) is 0.592. The molecule has 1 aromatic rings. The smallest absolute Gasteiger partial charge is 0.345 e. The number of hydrogen-bond acceptors (Lipinski definition) is 4. The average Bonchev–Trinajstić information content (AvgIpc) is 2.27. The van der Waals surface area contributed by atoms with Crippen LogP contribution in [-0.2, 0) is 4.74 Å². The van der Waals surface area contributed by atoms with Crippen molar-refractivity contribution in [2.75, 3.05) is 0 Å². The first-order valence-corrected chi connectivity index (χ1v) is 4.66. The van der Waals surface area contributed by atoms with Crippen LogP contribution >= 0.6 is 11.8 Å². The van der Waals surface area contributed by atoms with E-state index in [1.165, 1.54) is 11.8 Å². The van der Waals surface area contributed by atoms with Gasteiger partial charge in [0.25, 0.3) is 0 Å². The molecule has 0 spiro atoms. The second-order valence-corrected chi connectivity index (χ2v) is 3.45. The molecule has 1 aromatic heterocycles. The van der Waals surface area contributed by atoms with Gasteiger partial charge in [0.15, 0.2) is 0 Å². The van der Waals surface area contributed by atoms with Crippen LogP contribution in [-0.4, -0.2) is 11.0 Å². The molecule has 0 amide bonds. The molecule has 0 radical (unpaired) electrons. The minimum absolute atomic E-state index is 0.332. The number of thioether (sulfide) groups is 1. The molecule has 2 heterocycles. The van der Waals surface area contributed by atoms with Crippen molar-refractivity contribution in [2.45, 2.75) is 11.9 Å². The number of allylic oxidation sites excluding steroid dienone is 1. The Balaban J connectivity index is 2.49. The summed E-state index contributed by atoms with van der Waals surface area (Å²) in [5.41, 5.74) is 0.528. The molecule has 0 bridgehead atoms. The van der Waals surface area contributed by atoms with Crippen molar-refractivity contribution in [3.8, 4) is 0 Å². The van der Waals surface area contributed by atoms with Crippen molar-refractivity contribution in [1.29, 1.82) is 0 Å². The molecule has 3 nitrogen and oxygen atoms in total. The number of aromatic nitrogens is 1. The SMILES string of the molecule is CC1=CSc2ncccc2C(=O)O1. The van der Waals surface area contributed by atoms with Crippen LogP contribution in [0.1, 0.15) is 17.3 Å². The first-order chi connectivity index (χ1) is 6.27. The minimum Gasteiger partial charge on any atom is -0.427 e. The third kappa shape index (κ3) is 1.58. The van der Waals surface area contributed by atoms with Gasteiger partial charge in [0.2, 0.25) is 0 Å². The van der Waals surface area contributed by atoms with Crippen LogP contribution in [0.15, 0.2) is 34.5 Å². The van der Waals surface area contributed by atoms with E-state index in [9.17, 15) is 4.79 Å². The van der Waals surface area contributed by atoms with E-state index in [2.05, 4.69) is 4.98 Å². The fraction of sp³-hybridized carbons (Fsp3) is 0.111. The fourth-order valence-corrected chi connectivity index (χ4v) is 1.73. The number of nitrogens with zero attached hydrogens (tertiary/aromatic N) is 1. The van der Waals surface area contributed by atoms with E-state index >= 15 is 0 Å². The normalized spacial score (nSPS) is 15.5. The predicted molar refractivity (Wildman–Crippen MR) is 49.3 cm³/mol. The van der Waals surface area contributed by atoms with Crippen LogP contribution in [0.5, 0.6) is 0 Å². The summed E-state index contributed by atoms with van der Waals surface area (Å²) in [5.74, 6) is 0.273. The van der Waals surface area contributed by atoms with Gasteiger partial charge in [0.05, 0.1) is 5.56 Å². The second-order valence-electron chi connectivity index (χ2n) is 2.59. The van der Waals surface area contributed by atoms with Crippen molar-refractivity contribution in [3.05, 3.63) is 35.1 Å². The number of hydrogen-bond donors (Lipinski definition) is 0. The van der Waals surface area contributed by atoms with Gasteiger partial charge >= 0.3 is 5.97 Å². The molecule has 0 saturated carbocycles. The van der Waals surface area contributed by atoms with Crippen molar-refractivity contribution in [3.63, 3.8) is 0 Å². The van der Waals surface area contributed by atoms with E-state index < -0.39 is 0 Å². The molecule has 0 unspecified atom stereocenters. The number of rotatable bonds is 0. The second kappa shape index (κ2) is 3.22. The molecule has 13 heavy (non-hydrogen) atoms. The summed E-state index contributed by atoms with van der Waals surface area (Å²) in [6.45, 7) is 1.75. The van der Waals surface area contributed by atoms with E-state index in [1.807, 2.05) is 0 Å². The number of carbonyl (C=O) groups excluding carboxylic acids is 1. The van der Waals surface area contributed by atoms with Gasteiger partial charge in [-0.2, -0.15) is 0 Å². The number of ether oxygens (including phenoxy) is 1. The number of pyridine rings is 1. The molecule has 4 heteroatoms. The maximum absolute atomic E-state index is 11.4. The molecule has 0 fully saturated rings. The Labute approximate surface area is 79.8 Å². The van der Waals surface area contributed by atoms with Crippen LogP contribution in [0.3, 0.4) is 0 Å². The summed E-state index contributed by atoms with van der Waals surface area (Å²) in [7, 11) is 0. The van der Waals surface area contributed by atoms with Crippen LogP contribution in [0.4, 0.5) is 0 Å². The first-order valence-electron chi connectivity index (χ1n) is 3.78. The monoisotopic (exact) mass is 193 g/mol. The van der Waals surface area contributed by atoms with E-state index in [1.54, 1.807) is 30.7 Å². The molecular formula is C9H7NO2S. The Kier molecular flexibility index (Phi) is 2.06. The molecule has 0 N–H and O–H groups in total. The Morgan fingerprint density at radius 2 is 2.38 bits per heavy atom. The van der Waals surface area contributed by atoms with Crippen LogP contribution in [0.25, 0.3) is 0 Å². The molecule has 2 rings (SSSR count). The topological polar surface area (TPSA) is 39.2 Å². The van der Waals surface area contributed by atoms with Crippen LogP contribution < -0.4 is 0 Å². The summed E-state index contributed by atoms with van der Waals surface area (Å²) in [6, 6.07) is 3.44. The minimum atomic E-state index is -0.332. The number of fused-ring (bicyclic) bond motifs is 1. The summed E-state index contributed by atoms with van der Waals surface area (Å²) in [5, 5.41) is 2.47. The highest BCUT2D eigenvalue weighted by molar-refractivity contribution is 8.02. The third-order valence-electron chi connectivity index (χ3n) is 1.58. The fourth-order valence-electron chi connectivity index (χ4n) is 1.00. The Morgan fingerprint density at radius 1 is 1.54 bits per heavy atom. The maximum atomic E-state index is 11.4. The van der Waals surface area contributed by atoms with Crippen molar-refractivity contribution < 1.29 is 9.53 Å². The van der Waals surface area contributed by atoms with E-state index in [0.29, 0.717) is 16.3 Å². The van der Waals surface area contributed by atoms with Gasteiger partial charge in [-0.1, -0.05) is 11.8 Å². The average molecular weight is 193 g/mol. The summed E-state index contributed by atoms with van der Waals surface area (Å²) in [6.07, 6.45) is 1.66. The Morgan fingerprint density at radius 3 is 3.23 bits per heavy atom. The maximum Gasteiger partial charge on any atom is 0.345 e. The molecule has 0 atom stereocenters. The standard InChI is InChI=1S/C9H7NO2S/c1-6-5-13-8-7(9(11)12-6)3-2-4-10-8/h2-5H,1H3. The molecule has 1 aliphatic heterocycles. The molecule has 1 aliphatic rings. The van der Waals surface area contributed by atoms with Gasteiger partial charge in [-0.15, -0.1) is 0 Å². The predicted octanol–water partition coefficient (Wildman–Crippen LogP) is 2.21. The van der Waals surface area contributed by atoms with Crippen molar-refractivity contribution in [1.82, 2.24) is 4.98 Å². The van der Waals surface area contributed by atoms with Gasteiger partial charge in [-0.3, -0.25) is 0 Å². The van der Waals surface area contributed by atoms with Gasteiger partial charge in [-0.05, 0) is 19.1 Å². The van der Waals surface area contributed by atoms with Crippen molar-refractivity contribution in [2.24, 2.45) is 0 Å². The lowest BCUT2D eigenvalue weighted by Gasteiger charge is -2.00. The Bertz CT molecular complexity index is 387. The largest absolute Gasteiger partial charge is 0.427 e. The highest BCUT2D eigenvalue weighted by atomic mass is 32.2. The lowest BCUT2D eigenvalue weighted by molar-refractivity contribution is 0.0624. The molecular weight excluding hydrogens is 186 g/mol. The number of carbonyl (C=O) groups is 1. The Hall–Kier alpha value is -1.29. The molecule has 0 aromatic carbocycles. The summed E-state index contributed by atoms with van der Waals surface area (Å²) >= 11 is 1.40. The number of esters is 1. The zero-order valence-electron chi connectivity index (χ0n) is 6.98. The van der Waals surface area contributed by atoms with Gasteiger partial charge in [-0.25, -0.2) is 9.78 Å². The van der Waals surface area contributed by atoms with Gasteiger partial charge in [0.1, 0.15) is 10.8 Å². The van der Waals surface area contributed by atoms with Crippen LogP contribution in [0.2, 0.25) is 0 Å². The molecule has 0 saturated heterocycles. The highest BCUT2D eigenvalue weighted by Gasteiger charge is 2.17. The van der Waals surface area contributed by atoms with E-state index in [4.69, 9.17) is 4.74 Å². The zero-order chi connectivity index (χ0) is 9.26. The van der Waals surface area contributed by atoms with E-state index in [-0.39, 0.29) is 5.97 Å². The van der Waals surface area contributed by atoms with Gasteiger partial charge < -0.3 is 4.74 Å². The lowest BCUT2D eigenvalue weighted by atomic mass is 10.3. The third-order valence-corrected chi connectivity index (χ3v) is 2.58. The molecule has 66 valence electrons. The van der Waals surface area contributed by atoms with Crippen molar-refractivity contribution >= 4 is 17.7 Å². The molecule has 0 aliphatic carbocycles. The summed E-state index contributed by atoms with van der Waals surface area (Å²) < 4.78 is 5.00. The summed E-state index contributed by atoms with van der Waals surface area (Å²) in [4.78, 5) is 15.5. The van der Waals surface area contributed by atoms with E-state index in [0.717, 1.165) is 0 Å². The number of cyclic esters (lactones) is 1. The first kappa shape index (κ1) is 8.31.